The second-order valence-corrected chi connectivity index (χ2v) is 10.1. The third kappa shape index (κ3) is 3.81. The highest BCUT2D eigenvalue weighted by atomic mass is 32.2. The van der Waals surface area contributed by atoms with Crippen molar-refractivity contribution in [3.8, 4) is 0 Å². The maximum Gasteiger partial charge on any atom is 0.321 e. The van der Waals surface area contributed by atoms with E-state index in [-0.39, 0.29) is 10.1 Å². The molecule has 2 aromatic heterocycles. The number of sulfonamides is 1. The van der Waals surface area contributed by atoms with Crippen molar-refractivity contribution in [2.75, 3.05) is 14.1 Å². The molecular formula is C20H21F2N5O2S2. The van der Waals surface area contributed by atoms with E-state index in [0.29, 0.717) is 34.7 Å². The first-order valence-corrected chi connectivity index (χ1v) is 12.0. The van der Waals surface area contributed by atoms with Crippen LogP contribution in [0.15, 0.2) is 52.5 Å². The fourth-order valence-electron chi connectivity index (χ4n) is 3.44. The predicted molar refractivity (Wildman–Crippen MR) is 117 cm³/mol. The van der Waals surface area contributed by atoms with Crippen LogP contribution in [0.4, 0.5) is 8.78 Å². The van der Waals surface area contributed by atoms with Crippen LogP contribution < -0.4 is 0 Å². The summed E-state index contributed by atoms with van der Waals surface area (Å²) in [6, 6.07) is 11.6. The Labute approximate surface area is 182 Å². The Morgan fingerprint density at radius 1 is 1.06 bits per heavy atom. The van der Waals surface area contributed by atoms with Gasteiger partial charge in [0.05, 0.1) is 32.7 Å². The van der Waals surface area contributed by atoms with Crippen LogP contribution in [0.1, 0.15) is 19.3 Å². The summed E-state index contributed by atoms with van der Waals surface area (Å²) in [5, 5.41) is 0.210. The van der Waals surface area contributed by atoms with Crippen LogP contribution in [0.2, 0.25) is 0 Å². The van der Waals surface area contributed by atoms with Crippen LogP contribution in [-0.4, -0.2) is 45.9 Å². The molecule has 0 amide bonds. The van der Waals surface area contributed by atoms with Gasteiger partial charge in [-0.05, 0) is 37.3 Å². The molecule has 7 nitrogen and oxygen atoms in total. The third-order valence-corrected chi connectivity index (χ3v) is 7.74. The normalized spacial score (nSPS) is 12.6. The molecular weight excluding hydrogens is 444 g/mol. The molecule has 2 heterocycles. The number of aryl methyl sites for hydroxylation is 1. The first-order chi connectivity index (χ1) is 14.7. The monoisotopic (exact) mass is 465 g/mol. The van der Waals surface area contributed by atoms with Crippen LogP contribution in [0.25, 0.3) is 22.1 Å². The summed E-state index contributed by atoms with van der Waals surface area (Å²) in [4.78, 5) is 9.10. The van der Waals surface area contributed by atoms with Gasteiger partial charge >= 0.3 is 6.55 Å². The Bertz CT molecular complexity index is 1360. The van der Waals surface area contributed by atoms with Crippen molar-refractivity contribution in [1.29, 1.82) is 0 Å². The summed E-state index contributed by atoms with van der Waals surface area (Å²) in [5.41, 5.74) is 2.22. The summed E-state index contributed by atoms with van der Waals surface area (Å²) in [5.74, 6) is 0.976. The molecule has 0 fully saturated rings. The number of imidazole rings is 2. The number of benzene rings is 2. The van der Waals surface area contributed by atoms with Gasteiger partial charge < -0.3 is 4.57 Å². The number of fused-ring (bicyclic) bond motifs is 2. The standard InChI is InChI=1S/C20H21F2N5O2S2/c1-4-26-16-10-9-13(31(28,29)25(2)3)11-15(16)23-18(26)12-30-20-24-14-7-5-6-8-17(14)27(20)19(21)22/h5-11,19H,4,12H2,1-3H3. The van der Waals surface area contributed by atoms with Gasteiger partial charge in [0.25, 0.3) is 0 Å². The molecule has 0 aliphatic rings. The topological polar surface area (TPSA) is 73.0 Å². The molecule has 31 heavy (non-hydrogen) atoms. The molecule has 0 bridgehead atoms. The van der Waals surface area contributed by atoms with Gasteiger partial charge in [-0.1, -0.05) is 23.9 Å². The molecule has 11 heteroatoms. The number of thioether (sulfide) groups is 1. The summed E-state index contributed by atoms with van der Waals surface area (Å²) in [6.45, 7) is -0.148. The van der Waals surface area contributed by atoms with Gasteiger partial charge in [-0.15, -0.1) is 0 Å². The van der Waals surface area contributed by atoms with Crippen molar-refractivity contribution < 1.29 is 17.2 Å². The van der Waals surface area contributed by atoms with Crippen molar-refractivity contribution in [2.24, 2.45) is 0 Å². The molecule has 0 unspecified atom stereocenters. The Balaban J connectivity index is 1.71. The number of halogens is 2. The minimum atomic E-state index is -3.58. The maximum atomic E-state index is 13.7. The molecule has 4 rings (SSSR count). The van der Waals surface area contributed by atoms with Crippen LogP contribution >= 0.6 is 11.8 Å². The van der Waals surface area contributed by atoms with Crippen molar-refractivity contribution in [3.05, 3.63) is 48.3 Å². The molecule has 0 aliphatic heterocycles. The quantitative estimate of drug-likeness (QED) is 0.380. The van der Waals surface area contributed by atoms with E-state index in [2.05, 4.69) is 9.97 Å². The van der Waals surface area contributed by atoms with E-state index in [9.17, 15) is 17.2 Å². The van der Waals surface area contributed by atoms with Crippen molar-refractivity contribution in [2.45, 2.75) is 35.8 Å². The van der Waals surface area contributed by atoms with E-state index >= 15 is 0 Å². The number of hydrogen-bond donors (Lipinski definition) is 0. The molecule has 0 spiro atoms. The number of hydrogen-bond acceptors (Lipinski definition) is 5. The number of rotatable bonds is 7. The molecule has 164 valence electrons. The van der Waals surface area contributed by atoms with Crippen molar-refractivity contribution in [1.82, 2.24) is 23.4 Å². The van der Waals surface area contributed by atoms with Gasteiger partial charge in [0.1, 0.15) is 5.82 Å². The lowest BCUT2D eigenvalue weighted by Crippen LogP contribution is -2.22. The zero-order chi connectivity index (χ0) is 22.3. The molecule has 0 saturated carbocycles. The lowest BCUT2D eigenvalue weighted by molar-refractivity contribution is 0.0656. The molecule has 0 atom stereocenters. The van der Waals surface area contributed by atoms with E-state index in [1.54, 1.807) is 42.5 Å². The average molecular weight is 466 g/mol. The Kier molecular flexibility index (Phi) is 5.75. The smallest absolute Gasteiger partial charge is 0.321 e. The second-order valence-electron chi connectivity index (χ2n) is 7.03. The molecule has 0 radical (unpaired) electrons. The van der Waals surface area contributed by atoms with Gasteiger partial charge in [-0.2, -0.15) is 8.78 Å². The fraction of sp³-hybridized carbons (Fsp3) is 0.300. The Morgan fingerprint density at radius 3 is 2.48 bits per heavy atom. The number of para-hydroxylation sites is 2. The van der Waals surface area contributed by atoms with Crippen LogP contribution in [-0.2, 0) is 22.3 Å². The number of alkyl halides is 2. The maximum absolute atomic E-state index is 13.7. The van der Waals surface area contributed by atoms with Crippen LogP contribution in [0.3, 0.4) is 0 Å². The predicted octanol–water partition coefficient (Wildman–Crippen LogP) is 4.34. The lowest BCUT2D eigenvalue weighted by atomic mass is 10.3. The van der Waals surface area contributed by atoms with E-state index in [4.69, 9.17) is 0 Å². The molecule has 2 aromatic carbocycles. The van der Waals surface area contributed by atoms with Gasteiger partial charge in [0.15, 0.2) is 5.16 Å². The minimum Gasteiger partial charge on any atom is -0.328 e. The van der Waals surface area contributed by atoms with Gasteiger partial charge in [0, 0.05) is 20.6 Å². The third-order valence-electron chi connectivity index (χ3n) is 4.98. The van der Waals surface area contributed by atoms with Gasteiger partial charge in [0.2, 0.25) is 10.0 Å². The van der Waals surface area contributed by atoms with Crippen LogP contribution in [0, 0.1) is 0 Å². The summed E-state index contributed by atoms with van der Waals surface area (Å²) < 4.78 is 56.3. The largest absolute Gasteiger partial charge is 0.328 e. The lowest BCUT2D eigenvalue weighted by Gasteiger charge is -2.11. The average Bonchev–Trinajstić information content (AvgIpc) is 3.28. The van der Waals surface area contributed by atoms with Crippen molar-refractivity contribution >= 4 is 43.9 Å². The molecule has 4 aromatic rings. The zero-order valence-corrected chi connectivity index (χ0v) is 18.8. The van der Waals surface area contributed by atoms with E-state index in [1.165, 1.54) is 25.9 Å². The van der Waals surface area contributed by atoms with Gasteiger partial charge in [-0.3, -0.25) is 4.57 Å². The Hall–Kier alpha value is -2.50. The van der Waals surface area contributed by atoms with Crippen LogP contribution in [0.5, 0.6) is 0 Å². The van der Waals surface area contributed by atoms with Crippen molar-refractivity contribution in [3.63, 3.8) is 0 Å². The number of nitrogens with zero attached hydrogens (tertiary/aromatic N) is 5. The molecule has 0 N–H and O–H groups in total. The first-order valence-electron chi connectivity index (χ1n) is 9.53. The Morgan fingerprint density at radius 2 is 1.81 bits per heavy atom. The number of aromatic nitrogens is 4. The second kappa shape index (κ2) is 8.21. The highest BCUT2D eigenvalue weighted by molar-refractivity contribution is 7.98. The summed E-state index contributed by atoms with van der Waals surface area (Å²) in [6.07, 6.45) is 0. The first kappa shape index (κ1) is 21.7. The van der Waals surface area contributed by atoms with E-state index in [1.807, 2.05) is 11.5 Å². The van der Waals surface area contributed by atoms with E-state index < -0.39 is 16.6 Å². The highest BCUT2D eigenvalue weighted by Crippen LogP contribution is 2.32. The highest BCUT2D eigenvalue weighted by Gasteiger charge is 2.21. The van der Waals surface area contributed by atoms with E-state index in [0.717, 1.165) is 14.4 Å². The zero-order valence-electron chi connectivity index (χ0n) is 17.2. The molecule has 0 aliphatic carbocycles. The minimum absolute atomic E-state index is 0.157. The summed E-state index contributed by atoms with van der Waals surface area (Å²) >= 11 is 1.18. The molecule has 0 saturated heterocycles. The summed E-state index contributed by atoms with van der Waals surface area (Å²) in [7, 11) is -0.635. The SMILES string of the molecule is CCn1c(CSc2nc3ccccc3n2C(F)F)nc2cc(S(=O)(=O)N(C)C)ccc21. The van der Waals surface area contributed by atoms with Gasteiger partial charge in [-0.25, -0.2) is 22.7 Å². The fourth-order valence-corrected chi connectivity index (χ4v) is 5.32.